The van der Waals surface area contributed by atoms with Gasteiger partial charge in [0.05, 0.1) is 12.1 Å². The molecule has 0 bridgehead atoms. The summed E-state index contributed by atoms with van der Waals surface area (Å²) < 4.78 is 0. The fourth-order valence-electron chi connectivity index (χ4n) is 3.15. The molecule has 5 heteroatoms. The van der Waals surface area contributed by atoms with Gasteiger partial charge in [0.15, 0.2) is 0 Å². The first-order chi connectivity index (χ1) is 11.2. The minimum absolute atomic E-state index is 0.370. The Morgan fingerprint density at radius 2 is 1.96 bits per heavy atom. The molecule has 0 saturated carbocycles. The van der Waals surface area contributed by atoms with Crippen molar-refractivity contribution in [3.8, 4) is 11.1 Å². The molecule has 5 nitrogen and oxygen atoms in total. The van der Waals surface area contributed by atoms with Gasteiger partial charge in [-0.15, -0.1) is 0 Å². The number of piperidine rings is 1. The molecule has 0 radical (unpaired) electrons. The highest BCUT2D eigenvalue weighted by atomic mass is 16.4. The SMILES string of the molecule is O=C(O)N1CCCC[C@H]1C(O)c1ccc(-c2cccnc2)cc1. The molecule has 1 aromatic carbocycles. The molecule has 2 heterocycles. The molecule has 23 heavy (non-hydrogen) atoms. The Morgan fingerprint density at radius 1 is 1.17 bits per heavy atom. The van der Waals surface area contributed by atoms with E-state index in [1.54, 1.807) is 12.4 Å². The number of likely N-dealkylation sites (tertiary alicyclic amines) is 1. The highest BCUT2D eigenvalue weighted by Gasteiger charge is 2.32. The molecule has 3 rings (SSSR count). The predicted octanol–water partition coefficient (Wildman–Crippen LogP) is 3.31. The highest BCUT2D eigenvalue weighted by molar-refractivity contribution is 5.66. The molecule has 2 aromatic rings. The zero-order valence-corrected chi connectivity index (χ0v) is 12.8. The van der Waals surface area contributed by atoms with E-state index >= 15 is 0 Å². The quantitative estimate of drug-likeness (QED) is 0.912. The van der Waals surface area contributed by atoms with E-state index in [9.17, 15) is 15.0 Å². The van der Waals surface area contributed by atoms with Crippen LogP contribution < -0.4 is 0 Å². The van der Waals surface area contributed by atoms with Crippen LogP contribution in [0.2, 0.25) is 0 Å². The summed E-state index contributed by atoms with van der Waals surface area (Å²) >= 11 is 0. The van der Waals surface area contributed by atoms with E-state index in [1.807, 2.05) is 36.4 Å². The monoisotopic (exact) mass is 312 g/mol. The van der Waals surface area contributed by atoms with Crippen LogP contribution in [0.5, 0.6) is 0 Å². The van der Waals surface area contributed by atoms with Gasteiger partial charge in [-0.25, -0.2) is 4.79 Å². The van der Waals surface area contributed by atoms with Crippen LogP contribution >= 0.6 is 0 Å². The van der Waals surface area contributed by atoms with Gasteiger partial charge in [0.1, 0.15) is 0 Å². The molecule has 1 unspecified atom stereocenters. The summed E-state index contributed by atoms with van der Waals surface area (Å²) in [4.78, 5) is 16.8. The zero-order valence-electron chi connectivity index (χ0n) is 12.8. The molecule has 1 amide bonds. The fourth-order valence-corrected chi connectivity index (χ4v) is 3.15. The number of aromatic nitrogens is 1. The second kappa shape index (κ2) is 6.79. The first-order valence-electron chi connectivity index (χ1n) is 7.85. The second-order valence-corrected chi connectivity index (χ2v) is 5.85. The number of rotatable bonds is 3. The Kier molecular flexibility index (Phi) is 4.57. The van der Waals surface area contributed by atoms with Crippen molar-refractivity contribution < 1.29 is 15.0 Å². The molecule has 2 atom stereocenters. The number of pyridine rings is 1. The van der Waals surface area contributed by atoms with E-state index in [-0.39, 0.29) is 6.04 Å². The zero-order chi connectivity index (χ0) is 16.2. The average molecular weight is 312 g/mol. The van der Waals surface area contributed by atoms with E-state index in [4.69, 9.17) is 0 Å². The number of aliphatic hydroxyl groups is 1. The maximum atomic E-state index is 11.3. The van der Waals surface area contributed by atoms with Crippen molar-refractivity contribution >= 4 is 6.09 Å². The number of nitrogens with zero attached hydrogens (tertiary/aromatic N) is 2. The van der Waals surface area contributed by atoms with Gasteiger partial charge >= 0.3 is 6.09 Å². The van der Waals surface area contributed by atoms with Gasteiger partial charge < -0.3 is 15.1 Å². The van der Waals surface area contributed by atoms with Crippen LogP contribution in [0.3, 0.4) is 0 Å². The molecule has 0 aliphatic carbocycles. The molecule has 1 fully saturated rings. The molecule has 0 spiro atoms. The second-order valence-electron chi connectivity index (χ2n) is 5.85. The standard InChI is InChI=1S/C18H20N2O3/c21-17(16-5-1-2-11-20(16)18(22)23)14-8-6-13(7-9-14)15-4-3-10-19-12-15/h3-4,6-10,12,16-17,21H,1-2,5,11H2,(H,22,23)/t16-,17?/m0/s1. The van der Waals surface area contributed by atoms with Crippen molar-refractivity contribution in [2.75, 3.05) is 6.54 Å². The van der Waals surface area contributed by atoms with Crippen LogP contribution in [-0.2, 0) is 0 Å². The van der Waals surface area contributed by atoms with E-state index < -0.39 is 12.2 Å². The summed E-state index contributed by atoms with van der Waals surface area (Å²) in [6.45, 7) is 0.491. The van der Waals surface area contributed by atoms with Gasteiger partial charge in [-0.3, -0.25) is 4.98 Å². The summed E-state index contributed by atoms with van der Waals surface area (Å²) in [6.07, 6.45) is 4.26. The van der Waals surface area contributed by atoms with E-state index in [1.165, 1.54) is 4.90 Å². The Labute approximate surface area is 135 Å². The summed E-state index contributed by atoms with van der Waals surface area (Å²) in [5, 5.41) is 19.9. The fraction of sp³-hybridized carbons (Fsp3) is 0.333. The number of aliphatic hydroxyl groups excluding tert-OH is 1. The molecular formula is C18H20N2O3. The lowest BCUT2D eigenvalue weighted by Gasteiger charge is -2.36. The van der Waals surface area contributed by atoms with Crippen LogP contribution in [0.15, 0.2) is 48.8 Å². The molecule has 120 valence electrons. The molecule has 2 N–H and O–H groups in total. The van der Waals surface area contributed by atoms with Crippen LogP contribution in [0, 0.1) is 0 Å². The number of hydrogen-bond acceptors (Lipinski definition) is 3. The number of carbonyl (C=O) groups is 1. The maximum Gasteiger partial charge on any atom is 0.407 e. The van der Waals surface area contributed by atoms with Crippen molar-refractivity contribution in [2.24, 2.45) is 0 Å². The maximum absolute atomic E-state index is 11.3. The van der Waals surface area contributed by atoms with E-state index in [2.05, 4.69) is 4.98 Å². The Morgan fingerprint density at radius 3 is 2.61 bits per heavy atom. The smallest absolute Gasteiger partial charge is 0.407 e. The van der Waals surface area contributed by atoms with Crippen molar-refractivity contribution in [3.63, 3.8) is 0 Å². The van der Waals surface area contributed by atoms with Crippen molar-refractivity contribution in [2.45, 2.75) is 31.4 Å². The highest BCUT2D eigenvalue weighted by Crippen LogP contribution is 2.30. The molecule has 1 aromatic heterocycles. The van der Waals surface area contributed by atoms with Gasteiger partial charge in [-0.05, 0) is 42.0 Å². The summed E-state index contributed by atoms with van der Waals surface area (Å²) in [6, 6.07) is 11.1. The lowest BCUT2D eigenvalue weighted by Crippen LogP contribution is -2.46. The minimum atomic E-state index is -0.958. The largest absolute Gasteiger partial charge is 0.465 e. The van der Waals surface area contributed by atoms with Gasteiger partial charge in [0.25, 0.3) is 0 Å². The van der Waals surface area contributed by atoms with Crippen LogP contribution in [0.25, 0.3) is 11.1 Å². The summed E-state index contributed by atoms with van der Waals surface area (Å²) in [7, 11) is 0. The number of carboxylic acid groups (broad SMARTS) is 1. The van der Waals surface area contributed by atoms with E-state index in [0.717, 1.165) is 29.5 Å². The molecular weight excluding hydrogens is 292 g/mol. The topological polar surface area (TPSA) is 73.7 Å². The average Bonchev–Trinajstić information content (AvgIpc) is 2.62. The third-order valence-electron chi connectivity index (χ3n) is 4.41. The van der Waals surface area contributed by atoms with Crippen LogP contribution in [0.4, 0.5) is 4.79 Å². The van der Waals surface area contributed by atoms with E-state index in [0.29, 0.717) is 13.0 Å². The van der Waals surface area contributed by atoms with Crippen LogP contribution in [0.1, 0.15) is 30.9 Å². The van der Waals surface area contributed by atoms with Crippen molar-refractivity contribution in [1.82, 2.24) is 9.88 Å². The molecule has 1 aliphatic heterocycles. The molecule has 1 saturated heterocycles. The van der Waals surface area contributed by atoms with Crippen molar-refractivity contribution in [3.05, 3.63) is 54.4 Å². The Balaban J connectivity index is 1.79. The van der Waals surface area contributed by atoms with Gasteiger partial charge in [0.2, 0.25) is 0 Å². The minimum Gasteiger partial charge on any atom is -0.465 e. The summed E-state index contributed by atoms with van der Waals surface area (Å²) in [5.74, 6) is 0. The lowest BCUT2D eigenvalue weighted by atomic mass is 9.92. The normalized spacial score (nSPS) is 19.3. The lowest BCUT2D eigenvalue weighted by molar-refractivity contribution is 0.0286. The first-order valence-corrected chi connectivity index (χ1v) is 7.85. The predicted molar refractivity (Wildman–Crippen MR) is 87.0 cm³/mol. The van der Waals surface area contributed by atoms with Gasteiger partial charge in [-0.1, -0.05) is 30.3 Å². The van der Waals surface area contributed by atoms with Gasteiger partial charge in [-0.2, -0.15) is 0 Å². The Bertz CT molecular complexity index is 658. The van der Waals surface area contributed by atoms with Crippen LogP contribution in [-0.4, -0.2) is 38.8 Å². The number of amides is 1. The number of hydrogen-bond donors (Lipinski definition) is 2. The molecule has 1 aliphatic rings. The van der Waals surface area contributed by atoms with Gasteiger partial charge in [0, 0.05) is 18.9 Å². The third kappa shape index (κ3) is 3.35. The Hall–Kier alpha value is -2.40. The third-order valence-corrected chi connectivity index (χ3v) is 4.41. The summed E-state index contributed by atoms with van der Waals surface area (Å²) in [5.41, 5.74) is 2.78. The number of benzene rings is 1. The first kappa shape index (κ1) is 15.5. The van der Waals surface area contributed by atoms with Crippen molar-refractivity contribution in [1.29, 1.82) is 0 Å².